The van der Waals surface area contributed by atoms with E-state index in [9.17, 15) is 19.5 Å². The van der Waals surface area contributed by atoms with Crippen LogP contribution in [0.25, 0.3) is 0 Å². The van der Waals surface area contributed by atoms with Crippen molar-refractivity contribution in [3.8, 4) is 0 Å². The summed E-state index contributed by atoms with van der Waals surface area (Å²) in [6, 6.07) is 7.59. The molecule has 1 unspecified atom stereocenters. The maximum absolute atomic E-state index is 12.7. The van der Waals surface area contributed by atoms with Gasteiger partial charge in [0.25, 0.3) is 0 Å². The lowest BCUT2D eigenvalue weighted by Crippen LogP contribution is -2.52. The van der Waals surface area contributed by atoms with Gasteiger partial charge in [-0.3, -0.25) is 9.59 Å². The SMILES string of the molecule is Cc1ccc(N2CC(C(=O)N3CCC(O)(C(=O)O)CC3)CC2=O)cc1. The Morgan fingerprint density at radius 3 is 2.32 bits per heavy atom. The number of hydrogen-bond donors (Lipinski definition) is 2. The molecule has 7 heteroatoms. The number of nitrogens with zero attached hydrogens (tertiary/aromatic N) is 2. The van der Waals surface area contributed by atoms with Crippen LogP contribution in [0, 0.1) is 12.8 Å². The first-order valence-corrected chi connectivity index (χ1v) is 8.42. The van der Waals surface area contributed by atoms with Crippen molar-refractivity contribution in [3.63, 3.8) is 0 Å². The van der Waals surface area contributed by atoms with Crippen LogP contribution in [0.1, 0.15) is 24.8 Å². The van der Waals surface area contributed by atoms with Gasteiger partial charge in [-0.15, -0.1) is 0 Å². The number of aliphatic carboxylic acids is 1. The number of amides is 2. The lowest BCUT2D eigenvalue weighted by Gasteiger charge is -2.36. The molecule has 2 heterocycles. The second-order valence-electron chi connectivity index (χ2n) is 6.90. The Morgan fingerprint density at radius 2 is 1.76 bits per heavy atom. The summed E-state index contributed by atoms with van der Waals surface area (Å²) in [4.78, 5) is 39.2. The van der Waals surface area contributed by atoms with Crippen molar-refractivity contribution in [2.75, 3.05) is 24.5 Å². The molecule has 7 nitrogen and oxygen atoms in total. The number of benzene rings is 1. The largest absolute Gasteiger partial charge is 0.479 e. The number of hydrogen-bond acceptors (Lipinski definition) is 4. The molecule has 2 saturated heterocycles. The minimum absolute atomic E-state index is 0.0103. The summed E-state index contributed by atoms with van der Waals surface area (Å²) in [6.07, 6.45) is 0.180. The van der Waals surface area contributed by atoms with Crippen LogP contribution in [0.15, 0.2) is 24.3 Å². The van der Waals surface area contributed by atoms with E-state index in [1.165, 1.54) is 0 Å². The van der Waals surface area contributed by atoms with E-state index in [2.05, 4.69) is 0 Å². The number of likely N-dealkylation sites (tertiary alicyclic amines) is 1. The average Bonchev–Trinajstić information content (AvgIpc) is 2.97. The number of carboxylic acids is 1. The molecule has 2 amide bonds. The Labute approximate surface area is 145 Å². The molecular weight excluding hydrogens is 324 g/mol. The molecule has 0 radical (unpaired) electrons. The van der Waals surface area contributed by atoms with Crippen LogP contribution in [-0.4, -0.2) is 58.1 Å². The second-order valence-corrected chi connectivity index (χ2v) is 6.90. The molecule has 25 heavy (non-hydrogen) atoms. The quantitative estimate of drug-likeness (QED) is 0.843. The van der Waals surface area contributed by atoms with Gasteiger partial charge in [0.2, 0.25) is 11.8 Å². The molecule has 0 bridgehead atoms. The van der Waals surface area contributed by atoms with Crippen molar-refractivity contribution in [1.82, 2.24) is 4.90 Å². The van der Waals surface area contributed by atoms with Crippen LogP contribution in [0.4, 0.5) is 5.69 Å². The zero-order valence-corrected chi connectivity index (χ0v) is 14.1. The Morgan fingerprint density at radius 1 is 1.16 bits per heavy atom. The zero-order chi connectivity index (χ0) is 18.2. The Bertz CT molecular complexity index is 692. The first kappa shape index (κ1) is 17.4. The average molecular weight is 346 g/mol. The van der Waals surface area contributed by atoms with Crippen molar-refractivity contribution in [1.29, 1.82) is 0 Å². The molecule has 3 rings (SSSR count). The van der Waals surface area contributed by atoms with Crippen molar-refractivity contribution >= 4 is 23.5 Å². The van der Waals surface area contributed by atoms with Crippen molar-refractivity contribution < 1.29 is 24.6 Å². The van der Waals surface area contributed by atoms with Crippen molar-refractivity contribution in [3.05, 3.63) is 29.8 Å². The minimum Gasteiger partial charge on any atom is -0.479 e. The standard InChI is InChI=1S/C18H22N2O5/c1-12-2-4-14(5-3-12)20-11-13(10-15(20)21)16(22)19-8-6-18(25,7-9-19)17(23)24/h2-5,13,25H,6-11H2,1H3,(H,23,24). The number of piperidine rings is 1. The molecule has 0 aliphatic carbocycles. The summed E-state index contributed by atoms with van der Waals surface area (Å²) >= 11 is 0. The third-order valence-electron chi connectivity index (χ3n) is 5.12. The van der Waals surface area contributed by atoms with Crippen LogP contribution in [-0.2, 0) is 14.4 Å². The van der Waals surface area contributed by atoms with E-state index in [0.717, 1.165) is 11.3 Å². The van der Waals surface area contributed by atoms with E-state index >= 15 is 0 Å². The molecule has 2 fully saturated rings. The number of rotatable bonds is 3. The molecule has 0 aromatic heterocycles. The van der Waals surface area contributed by atoms with Crippen LogP contribution in [0.2, 0.25) is 0 Å². The molecule has 1 aromatic rings. The maximum atomic E-state index is 12.7. The van der Waals surface area contributed by atoms with Crippen molar-refractivity contribution in [2.24, 2.45) is 5.92 Å². The molecule has 2 aliphatic heterocycles. The topological polar surface area (TPSA) is 98.2 Å². The predicted molar refractivity (Wildman–Crippen MR) is 90.0 cm³/mol. The van der Waals surface area contributed by atoms with Crippen LogP contribution in [0.5, 0.6) is 0 Å². The van der Waals surface area contributed by atoms with E-state index in [1.54, 1.807) is 9.80 Å². The van der Waals surface area contributed by atoms with Gasteiger partial charge in [-0.05, 0) is 19.1 Å². The third kappa shape index (κ3) is 3.37. The highest BCUT2D eigenvalue weighted by Crippen LogP contribution is 2.29. The number of aryl methyl sites for hydroxylation is 1. The highest BCUT2D eigenvalue weighted by molar-refractivity contribution is 6.00. The Kier molecular flexibility index (Phi) is 4.51. The van der Waals surface area contributed by atoms with Gasteiger partial charge in [-0.1, -0.05) is 17.7 Å². The van der Waals surface area contributed by atoms with Gasteiger partial charge >= 0.3 is 5.97 Å². The van der Waals surface area contributed by atoms with E-state index in [-0.39, 0.29) is 44.2 Å². The highest BCUT2D eigenvalue weighted by atomic mass is 16.4. The van der Waals surface area contributed by atoms with Crippen molar-refractivity contribution in [2.45, 2.75) is 31.8 Å². The summed E-state index contributed by atoms with van der Waals surface area (Å²) in [5.41, 5.74) is 0.128. The fourth-order valence-corrected chi connectivity index (χ4v) is 3.42. The van der Waals surface area contributed by atoms with Crippen LogP contribution >= 0.6 is 0 Å². The first-order valence-electron chi connectivity index (χ1n) is 8.42. The summed E-state index contributed by atoms with van der Waals surface area (Å²) in [7, 11) is 0. The summed E-state index contributed by atoms with van der Waals surface area (Å²) in [5, 5.41) is 19.0. The fraction of sp³-hybridized carbons (Fsp3) is 0.500. The summed E-state index contributed by atoms with van der Waals surface area (Å²) in [5.74, 6) is -1.90. The fourth-order valence-electron chi connectivity index (χ4n) is 3.42. The predicted octanol–water partition coefficient (Wildman–Crippen LogP) is 0.786. The molecule has 1 aromatic carbocycles. The number of aliphatic hydroxyl groups is 1. The van der Waals surface area contributed by atoms with E-state index < -0.39 is 17.5 Å². The number of carboxylic acid groups (broad SMARTS) is 1. The Balaban J connectivity index is 1.64. The van der Waals surface area contributed by atoms with E-state index in [0.29, 0.717) is 6.54 Å². The highest BCUT2D eigenvalue weighted by Gasteiger charge is 2.43. The molecule has 2 N–H and O–H groups in total. The van der Waals surface area contributed by atoms with Gasteiger partial charge in [0, 0.05) is 44.6 Å². The molecule has 1 atom stereocenters. The number of carbonyl (C=O) groups excluding carboxylic acids is 2. The van der Waals surface area contributed by atoms with Gasteiger partial charge in [-0.25, -0.2) is 4.79 Å². The lowest BCUT2D eigenvalue weighted by molar-refractivity contribution is -0.165. The van der Waals surface area contributed by atoms with Gasteiger partial charge in [0.1, 0.15) is 0 Å². The van der Waals surface area contributed by atoms with Gasteiger partial charge in [0.05, 0.1) is 5.92 Å². The minimum atomic E-state index is -1.75. The Hall–Kier alpha value is -2.41. The number of carbonyl (C=O) groups is 3. The monoisotopic (exact) mass is 346 g/mol. The third-order valence-corrected chi connectivity index (χ3v) is 5.12. The molecular formula is C18H22N2O5. The van der Waals surface area contributed by atoms with E-state index in [1.807, 2.05) is 31.2 Å². The normalized spacial score (nSPS) is 23.0. The van der Waals surface area contributed by atoms with Crippen LogP contribution in [0.3, 0.4) is 0 Å². The zero-order valence-electron chi connectivity index (χ0n) is 14.1. The second kappa shape index (κ2) is 6.48. The molecule has 0 spiro atoms. The van der Waals surface area contributed by atoms with E-state index in [4.69, 9.17) is 5.11 Å². The number of anilines is 1. The summed E-state index contributed by atoms with van der Waals surface area (Å²) < 4.78 is 0. The molecule has 2 aliphatic rings. The van der Waals surface area contributed by atoms with Crippen LogP contribution < -0.4 is 4.90 Å². The first-order chi connectivity index (χ1) is 11.8. The lowest BCUT2D eigenvalue weighted by atomic mass is 9.91. The summed E-state index contributed by atoms with van der Waals surface area (Å²) in [6.45, 7) is 2.69. The smallest absolute Gasteiger partial charge is 0.335 e. The van der Waals surface area contributed by atoms with Gasteiger partial charge in [-0.2, -0.15) is 0 Å². The maximum Gasteiger partial charge on any atom is 0.335 e. The molecule has 0 saturated carbocycles. The van der Waals surface area contributed by atoms with Gasteiger partial charge in [0.15, 0.2) is 5.60 Å². The molecule has 134 valence electrons. The van der Waals surface area contributed by atoms with Gasteiger partial charge < -0.3 is 20.0 Å².